The summed E-state index contributed by atoms with van der Waals surface area (Å²) in [5, 5.41) is 14.7. The van der Waals surface area contributed by atoms with Crippen LogP contribution in [0.3, 0.4) is 0 Å². The molecule has 33 heavy (non-hydrogen) atoms. The van der Waals surface area contributed by atoms with E-state index in [0.29, 0.717) is 34.1 Å². The molecule has 0 aliphatic heterocycles. The van der Waals surface area contributed by atoms with Crippen LogP contribution in [0, 0.1) is 6.92 Å². The molecule has 0 unspecified atom stereocenters. The summed E-state index contributed by atoms with van der Waals surface area (Å²) in [6.07, 6.45) is 0. The summed E-state index contributed by atoms with van der Waals surface area (Å²) < 4.78 is 1.78. The van der Waals surface area contributed by atoms with Gasteiger partial charge in [-0.2, -0.15) is 0 Å². The molecule has 0 bridgehead atoms. The largest absolute Gasteiger partial charge is 0.337 e. The van der Waals surface area contributed by atoms with Gasteiger partial charge in [0.15, 0.2) is 11.6 Å². The Morgan fingerprint density at radius 1 is 0.879 bits per heavy atom. The number of Topliss-reactive ketones (excluding diaryl/α,β-unsaturated/α-hetero) is 1. The van der Waals surface area contributed by atoms with Crippen molar-refractivity contribution in [3.05, 3.63) is 89.5 Å². The molecule has 0 aliphatic rings. The Hall–Kier alpha value is -4.59. The quantitative estimate of drug-likeness (QED) is 0.384. The highest BCUT2D eigenvalue weighted by Crippen LogP contribution is 2.27. The number of carbonyl (C=O) groups excluding carboxylic acids is 2. The Labute approximate surface area is 189 Å². The van der Waals surface area contributed by atoms with Crippen LogP contribution >= 0.6 is 0 Å². The van der Waals surface area contributed by atoms with Crippen LogP contribution in [0.2, 0.25) is 0 Å². The molecular formula is C25H20N6O2. The molecule has 2 heterocycles. The van der Waals surface area contributed by atoms with Gasteiger partial charge >= 0.3 is 0 Å². The standard InChI is InChI=1S/C25H20N6O2/c1-15-8-13-20-21(14-15)31-23(22(27-20)26-19-11-9-17(10-12-19)16(2)32)29-30-25(31)28-24(33)18-6-4-3-5-7-18/h3-14H,1-2H3,(H,26,27)(H,28,30,33). The predicted octanol–water partition coefficient (Wildman–Crippen LogP) is 4.78. The molecule has 0 saturated heterocycles. The van der Waals surface area contributed by atoms with Crippen molar-refractivity contribution in [3.63, 3.8) is 0 Å². The number of nitrogens with one attached hydrogen (secondary N) is 2. The molecule has 162 valence electrons. The number of hydrogen-bond donors (Lipinski definition) is 2. The lowest BCUT2D eigenvalue weighted by Crippen LogP contribution is -2.14. The molecule has 8 heteroatoms. The van der Waals surface area contributed by atoms with Crippen LogP contribution in [0.25, 0.3) is 16.7 Å². The number of rotatable bonds is 5. The van der Waals surface area contributed by atoms with Crippen LogP contribution < -0.4 is 10.6 Å². The van der Waals surface area contributed by atoms with Gasteiger partial charge in [-0.15, -0.1) is 10.2 Å². The van der Waals surface area contributed by atoms with Gasteiger partial charge in [0, 0.05) is 16.8 Å². The van der Waals surface area contributed by atoms with E-state index in [9.17, 15) is 9.59 Å². The number of hydrogen-bond acceptors (Lipinski definition) is 6. The van der Waals surface area contributed by atoms with Gasteiger partial charge in [0.25, 0.3) is 5.91 Å². The fourth-order valence-electron chi connectivity index (χ4n) is 3.60. The molecule has 1 amide bonds. The van der Waals surface area contributed by atoms with Crippen molar-refractivity contribution in [2.75, 3.05) is 10.6 Å². The van der Waals surface area contributed by atoms with Gasteiger partial charge in [0.1, 0.15) is 0 Å². The SMILES string of the molecule is CC(=O)c1ccc(Nc2nc3ccc(C)cc3n3c(NC(=O)c4ccccc4)nnc23)cc1. The molecular weight excluding hydrogens is 416 g/mol. The van der Waals surface area contributed by atoms with Crippen molar-refractivity contribution in [2.45, 2.75) is 13.8 Å². The molecule has 0 aliphatic carbocycles. The number of carbonyl (C=O) groups is 2. The average Bonchev–Trinajstić information content (AvgIpc) is 3.24. The van der Waals surface area contributed by atoms with Crippen molar-refractivity contribution in [1.82, 2.24) is 19.6 Å². The lowest BCUT2D eigenvalue weighted by molar-refractivity contribution is 0.101. The summed E-state index contributed by atoms with van der Waals surface area (Å²) in [6, 6.07) is 21.9. The van der Waals surface area contributed by atoms with Crippen molar-refractivity contribution in [3.8, 4) is 0 Å². The van der Waals surface area contributed by atoms with Crippen molar-refractivity contribution >= 4 is 45.8 Å². The summed E-state index contributed by atoms with van der Waals surface area (Å²) >= 11 is 0. The Kier molecular flexibility index (Phi) is 5.02. The molecule has 0 radical (unpaired) electrons. The minimum atomic E-state index is -0.281. The first kappa shape index (κ1) is 20.3. The van der Waals surface area contributed by atoms with Gasteiger partial charge in [0.05, 0.1) is 11.0 Å². The van der Waals surface area contributed by atoms with Gasteiger partial charge in [-0.3, -0.25) is 19.3 Å². The maximum atomic E-state index is 12.8. The molecule has 2 N–H and O–H groups in total. The fraction of sp³-hybridized carbons (Fsp3) is 0.0800. The third-order valence-electron chi connectivity index (χ3n) is 5.29. The normalized spacial score (nSPS) is 11.0. The van der Waals surface area contributed by atoms with E-state index in [4.69, 9.17) is 4.98 Å². The number of aromatic nitrogens is 4. The van der Waals surface area contributed by atoms with Crippen LogP contribution in [0.1, 0.15) is 33.2 Å². The molecule has 8 nitrogen and oxygen atoms in total. The number of benzene rings is 3. The smallest absolute Gasteiger partial charge is 0.258 e. The number of nitrogens with zero attached hydrogens (tertiary/aromatic N) is 4. The van der Waals surface area contributed by atoms with Crippen LogP contribution in [0.5, 0.6) is 0 Å². The first-order chi connectivity index (χ1) is 16.0. The Balaban J connectivity index is 1.61. The molecule has 5 rings (SSSR count). The number of amides is 1. The molecule has 0 spiro atoms. The monoisotopic (exact) mass is 436 g/mol. The van der Waals surface area contributed by atoms with Gasteiger partial charge in [-0.25, -0.2) is 4.98 Å². The first-order valence-electron chi connectivity index (χ1n) is 10.4. The van der Waals surface area contributed by atoms with Crippen LogP contribution in [-0.2, 0) is 0 Å². The maximum Gasteiger partial charge on any atom is 0.258 e. The summed E-state index contributed by atoms with van der Waals surface area (Å²) in [6.45, 7) is 3.51. The molecule has 5 aromatic rings. The second-order valence-corrected chi connectivity index (χ2v) is 7.71. The summed E-state index contributed by atoms with van der Waals surface area (Å²) in [5.41, 5.74) is 4.89. The predicted molar refractivity (Wildman–Crippen MR) is 127 cm³/mol. The zero-order valence-electron chi connectivity index (χ0n) is 18.0. The summed E-state index contributed by atoms with van der Waals surface area (Å²) in [5.74, 6) is 0.498. The van der Waals surface area contributed by atoms with E-state index in [1.165, 1.54) is 6.92 Å². The van der Waals surface area contributed by atoms with Gasteiger partial charge in [0.2, 0.25) is 11.6 Å². The van der Waals surface area contributed by atoms with E-state index in [-0.39, 0.29) is 11.7 Å². The second kappa shape index (κ2) is 8.16. The number of ketones is 1. The molecule has 0 fully saturated rings. The van der Waals surface area contributed by atoms with E-state index in [0.717, 1.165) is 16.8 Å². The molecule has 3 aromatic carbocycles. The lowest BCUT2D eigenvalue weighted by Gasteiger charge is -2.11. The van der Waals surface area contributed by atoms with Crippen molar-refractivity contribution in [1.29, 1.82) is 0 Å². The molecule has 0 saturated carbocycles. The van der Waals surface area contributed by atoms with Crippen LogP contribution in [0.4, 0.5) is 17.5 Å². The number of aryl methyl sites for hydroxylation is 1. The second-order valence-electron chi connectivity index (χ2n) is 7.71. The minimum absolute atomic E-state index is 0.000559. The topological polar surface area (TPSA) is 101 Å². The van der Waals surface area contributed by atoms with Gasteiger partial charge < -0.3 is 5.32 Å². The van der Waals surface area contributed by atoms with Crippen molar-refractivity contribution in [2.24, 2.45) is 0 Å². The Bertz CT molecular complexity index is 1510. The molecule has 0 atom stereocenters. The highest BCUT2D eigenvalue weighted by Gasteiger charge is 2.18. The van der Waals surface area contributed by atoms with E-state index in [1.54, 1.807) is 40.8 Å². The summed E-state index contributed by atoms with van der Waals surface area (Å²) in [7, 11) is 0. The van der Waals surface area contributed by atoms with E-state index in [2.05, 4.69) is 20.8 Å². The summed E-state index contributed by atoms with van der Waals surface area (Å²) in [4.78, 5) is 29.1. The Morgan fingerprint density at radius 2 is 1.64 bits per heavy atom. The highest BCUT2D eigenvalue weighted by atomic mass is 16.1. The van der Waals surface area contributed by atoms with E-state index in [1.807, 2.05) is 43.3 Å². The zero-order chi connectivity index (χ0) is 22.9. The van der Waals surface area contributed by atoms with Gasteiger partial charge in [-0.05, 0) is 67.9 Å². The lowest BCUT2D eigenvalue weighted by atomic mass is 10.1. The zero-order valence-corrected chi connectivity index (χ0v) is 18.0. The number of fused-ring (bicyclic) bond motifs is 3. The van der Waals surface area contributed by atoms with Crippen molar-refractivity contribution < 1.29 is 9.59 Å². The number of anilines is 3. The third-order valence-corrected chi connectivity index (χ3v) is 5.29. The average molecular weight is 436 g/mol. The third kappa shape index (κ3) is 3.89. The minimum Gasteiger partial charge on any atom is -0.337 e. The van der Waals surface area contributed by atoms with E-state index < -0.39 is 0 Å². The first-order valence-corrected chi connectivity index (χ1v) is 10.4. The van der Waals surface area contributed by atoms with Crippen LogP contribution in [-0.4, -0.2) is 31.3 Å². The maximum absolute atomic E-state index is 12.8. The fourth-order valence-corrected chi connectivity index (χ4v) is 3.60. The Morgan fingerprint density at radius 3 is 2.36 bits per heavy atom. The molecule has 2 aromatic heterocycles. The van der Waals surface area contributed by atoms with Gasteiger partial charge in [-0.1, -0.05) is 24.3 Å². The highest BCUT2D eigenvalue weighted by molar-refractivity contribution is 6.04. The van der Waals surface area contributed by atoms with Crippen LogP contribution in [0.15, 0.2) is 72.8 Å². The van der Waals surface area contributed by atoms with E-state index >= 15 is 0 Å².